The SMILES string of the molecule is COC(=O)c1sc(NC(C(N)=O)c2ccc(F)cc2)nc1Cl. The van der Waals surface area contributed by atoms with E-state index in [9.17, 15) is 14.0 Å². The highest BCUT2D eigenvalue weighted by Crippen LogP contribution is 2.30. The number of nitrogens with two attached hydrogens (primary N) is 1. The first kappa shape index (κ1) is 16.2. The predicted molar refractivity (Wildman–Crippen MR) is 80.4 cm³/mol. The molecule has 22 heavy (non-hydrogen) atoms. The molecule has 1 atom stereocenters. The number of esters is 1. The standard InChI is InChI=1S/C13H11ClFN3O3S/c1-21-12(20)9-10(14)18-13(22-9)17-8(11(16)19)6-2-4-7(15)5-3-6/h2-5,8H,1H3,(H2,16,19)(H,17,18). The molecule has 2 aromatic rings. The molecule has 0 radical (unpaired) electrons. The van der Waals surface area contributed by atoms with Gasteiger partial charge in [0.25, 0.3) is 0 Å². The van der Waals surface area contributed by atoms with Gasteiger partial charge in [-0.15, -0.1) is 0 Å². The molecule has 3 N–H and O–H groups in total. The monoisotopic (exact) mass is 343 g/mol. The summed E-state index contributed by atoms with van der Waals surface area (Å²) in [5, 5.41) is 2.95. The predicted octanol–water partition coefficient (Wildman–Crippen LogP) is 2.36. The third kappa shape index (κ3) is 3.52. The topological polar surface area (TPSA) is 94.3 Å². The van der Waals surface area contributed by atoms with Crippen LogP contribution in [0.1, 0.15) is 21.3 Å². The fourth-order valence-electron chi connectivity index (χ4n) is 1.68. The number of carbonyl (C=O) groups is 2. The Morgan fingerprint density at radius 1 is 1.41 bits per heavy atom. The number of hydrogen-bond acceptors (Lipinski definition) is 6. The second-order valence-corrected chi connectivity index (χ2v) is 5.52. The molecule has 0 saturated carbocycles. The molecule has 0 aliphatic carbocycles. The quantitative estimate of drug-likeness (QED) is 0.813. The van der Waals surface area contributed by atoms with Crippen LogP contribution in [0, 0.1) is 5.82 Å². The van der Waals surface area contributed by atoms with Crippen LogP contribution in [-0.2, 0) is 9.53 Å². The molecule has 1 unspecified atom stereocenters. The van der Waals surface area contributed by atoms with Crippen LogP contribution in [0.5, 0.6) is 0 Å². The lowest BCUT2D eigenvalue weighted by molar-refractivity contribution is -0.118. The molecule has 0 fully saturated rings. The second-order valence-electron chi connectivity index (χ2n) is 4.16. The summed E-state index contributed by atoms with van der Waals surface area (Å²) in [5.74, 6) is -1.75. The maximum Gasteiger partial charge on any atom is 0.351 e. The van der Waals surface area contributed by atoms with E-state index in [0.29, 0.717) is 5.56 Å². The van der Waals surface area contributed by atoms with E-state index >= 15 is 0 Å². The molecule has 6 nitrogen and oxygen atoms in total. The molecular formula is C13H11ClFN3O3S. The van der Waals surface area contributed by atoms with Crippen molar-refractivity contribution < 1.29 is 18.7 Å². The van der Waals surface area contributed by atoms with Crippen LogP contribution in [0.4, 0.5) is 9.52 Å². The summed E-state index contributed by atoms with van der Waals surface area (Å²) in [5.41, 5.74) is 5.80. The first-order chi connectivity index (χ1) is 10.4. The zero-order valence-electron chi connectivity index (χ0n) is 11.3. The van der Waals surface area contributed by atoms with Crippen LogP contribution in [-0.4, -0.2) is 24.0 Å². The van der Waals surface area contributed by atoms with Crippen LogP contribution in [0.15, 0.2) is 24.3 Å². The Balaban J connectivity index is 2.27. The number of anilines is 1. The van der Waals surface area contributed by atoms with Crippen molar-refractivity contribution in [2.75, 3.05) is 12.4 Å². The summed E-state index contributed by atoms with van der Waals surface area (Å²) in [7, 11) is 1.22. The van der Waals surface area contributed by atoms with Gasteiger partial charge < -0.3 is 15.8 Å². The van der Waals surface area contributed by atoms with Gasteiger partial charge >= 0.3 is 5.97 Å². The Bertz CT molecular complexity index is 705. The molecule has 9 heteroatoms. The van der Waals surface area contributed by atoms with Crippen LogP contribution in [0.25, 0.3) is 0 Å². The fourth-order valence-corrected chi connectivity index (χ4v) is 2.81. The molecule has 1 heterocycles. The van der Waals surface area contributed by atoms with E-state index in [2.05, 4.69) is 15.0 Å². The van der Waals surface area contributed by atoms with Crippen molar-refractivity contribution in [2.24, 2.45) is 5.73 Å². The number of nitrogens with one attached hydrogen (secondary N) is 1. The smallest absolute Gasteiger partial charge is 0.351 e. The molecule has 0 spiro atoms. The number of rotatable bonds is 5. The van der Waals surface area contributed by atoms with E-state index in [4.69, 9.17) is 17.3 Å². The Morgan fingerprint density at radius 3 is 2.59 bits per heavy atom. The number of benzene rings is 1. The highest BCUT2D eigenvalue weighted by molar-refractivity contribution is 7.18. The fraction of sp³-hybridized carbons (Fsp3) is 0.154. The second kappa shape index (κ2) is 6.71. The summed E-state index contributed by atoms with van der Waals surface area (Å²) >= 11 is 6.77. The summed E-state index contributed by atoms with van der Waals surface area (Å²) in [6.45, 7) is 0. The maximum atomic E-state index is 12.9. The van der Waals surface area contributed by atoms with Crippen molar-refractivity contribution >= 4 is 39.9 Å². The normalized spacial score (nSPS) is 11.8. The zero-order valence-corrected chi connectivity index (χ0v) is 12.9. The van der Waals surface area contributed by atoms with Gasteiger partial charge in [-0.2, -0.15) is 0 Å². The van der Waals surface area contributed by atoms with E-state index in [1.807, 2.05) is 0 Å². The van der Waals surface area contributed by atoms with Crippen molar-refractivity contribution in [2.45, 2.75) is 6.04 Å². The average molecular weight is 344 g/mol. The third-order valence-electron chi connectivity index (χ3n) is 2.71. The number of aromatic nitrogens is 1. The van der Waals surface area contributed by atoms with E-state index in [-0.39, 0.29) is 15.2 Å². The van der Waals surface area contributed by atoms with E-state index in [1.165, 1.54) is 31.4 Å². The van der Waals surface area contributed by atoms with Crippen molar-refractivity contribution in [1.82, 2.24) is 4.98 Å². The van der Waals surface area contributed by atoms with Gasteiger partial charge in [-0.25, -0.2) is 14.2 Å². The van der Waals surface area contributed by atoms with E-state index in [0.717, 1.165) is 11.3 Å². The number of halogens is 2. The molecule has 0 aliphatic rings. The lowest BCUT2D eigenvalue weighted by Gasteiger charge is -2.14. The average Bonchev–Trinajstić information content (AvgIpc) is 2.85. The number of amides is 1. The molecular weight excluding hydrogens is 333 g/mol. The minimum Gasteiger partial charge on any atom is -0.465 e. The highest BCUT2D eigenvalue weighted by Gasteiger charge is 2.22. The lowest BCUT2D eigenvalue weighted by Crippen LogP contribution is -2.27. The first-order valence-electron chi connectivity index (χ1n) is 5.98. The molecule has 116 valence electrons. The van der Waals surface area contributed by atoms with Crippen LogP contribution in [0.2, 0.25) is 5.15 Å². The molecule has 1 aromatic carbocycles. The Hall–Kier alpha value is -2.19. The van der Waals surface area contributed by atoms with Crippen molar-refractivity contribution in [3.8, 4) is 0 Å². The maximum absolute atomic E-state index is 12.9. The summed E-state index contributed by atoms with van der Waals surface area (Å²) in [4.78, 5) is 27.1. The molecule has 1 amide bonds. The Kier molecular flexibility index (Phi) is 4.94. The van der Waals surface area contributed by atoms with Crippen LogP contribution < -0.4 is 11.1 Å². The van der Waals surface area contributed by atoms with Gasteiger partial charge in [-0.05, 0) is 17.7 Å². The summed E-state index contributed by atoms with van der Waals surface area (Å²) < 4.78 is 17.5. The van der Waals surface area contributed by atoms with Gasteiger partial charge in [0.1, 0.15) is 11.9 Å². The largest absolute Gasteiger partial charge is 0.465 e. The molecule has 1 aromatic heterocycles. The Labute approximate surface area is 134 Å². The van der Waals surface area contributed by atoms with Gasteiger partial charge in [-0.3, -0.25) is 4.79 Å². The molecule has 2 rings (SSSR count). The number of methoxy groups -OCH3 is 1. The third-order valence-corrected chi connectivity index (χ3v) is 4.06. The number of nitrogens with zero attached hydrogens (tertiary/aromatic N) is 1. The van der Waals surface area contributed by atoms with Gasteiger partial charge in [0.15, 0.2) is 15.2 Å². The molecule has 0 aliphatic heterocycles. The number of hydrogen-bond donors (Lipinski definition) is 2. The van der Waals surface area contributed by atoms with Crippen LogP contribution in [0.3, 0.4) is 0 Å². The Morgan fingerprint density at radius 2 is 2.05 bits per heavy atom. The van der Waals surface area contributed by atoms with Crippen molar-refractivity contribution in [1.29, 1.82) is 0 Å². The number of carbonyl (C=O) groups excluding carboxylic acids is 2. The zero-order chi connectivity index (χ0) is 16.3. The number of ether oxygens (including phenoxy) is 1. The summed E-state index contributed by atoms with van der Waals surface area (Å²) in [6.07, 6.45) is 0. The lowest BCUT2D eigenvalue weighted by atomic mass is 10.1. The minimum absolute atomic E-state index is 0.0401. The molecule has 0 bridgehead atoms. The minimum atomic E-state index is -0.937. The van der Waals surface area contributed by atoms with Crippen molar-refractivity contribution in [3.63, 3.8) is 0 Å². The van der Waals surface area contributed by atoms with Gasteiger partial charge in [-0.1, -0.05) is 35.1 Å². The van der Waals surface area contributed by atoms with Gasteiger partial charge in [0.2, 0.25) is 5.91 Å². The number of primary amides is 1. The summed E-state index contributed by atoms with van der Waals surface area (Å²) in [6, 6.07) is 4.33. The first-order valence-corrected chi connectivity index (χ1v) is 7.17. The molecule has 0 saturated heterocycles. The van der Waals surface area contributed by atoms with Gasteiger partial charge in [0.05, 0.1) is 7.11 Å². The van der Waals surface area contributed by atoms with E-state index in [1.54, 1.807) is 0 Å². The highest BCUT2D eigenvalue weighted by atomic mass is 35.5. The van der Waals surface area contributed by atoms with Crippen molar-refractivity contribution in [3.05, 3.63) is 45.7 Å². The van der Waals surface area contributed by atoms with Crippen LogP contribution >= 0.6 is 22.9 Å². The van der Waals surface area contributed by atoms with Gasteiger partial charge in [0, 0.05) is 0 Å². The number of thiazole rings is 1. The van der Waals surface area contributed by atoms with E-state index < -0.39 is 23.7 Å².